The Kier molecular flexibility index (Phi) is 47.8. The number of hydrogen-bond donors (Lipinski definition) is 0. The van der Waals surface area contributed by atoms with Gasteiger partial charge in [-0.2, -0.15) is 0 Å². The van der Waals surface area contributed by atoms with Crippen molar-refractivity contribution in [2.45, 2.75) is 33.1 Å². The first-order valence-corrected chi connectivity index (χ1v) is 6.87. The van der Waals surface area contributed by atoms with Crippen LogP contribution in [0.1, 0.15) is 33.1 Å². The van der Waals surface area contributed by atoms with E-state index in [1.807, 2.05) is 0 Å². The molecular formula is C15H16O6W. The molecule has 0 fully saturated rings. The Balaban J connectivity index is -0.0000000822. The Morgan fingerprint density at radius 2 is 1.27 bits per heavy atom. The molecule has 1 atom stereocenters. The van der Waals surface area contributed by atoms with Gasteiger partial charge in [0.15, 0.2) is 0 Å². The maximum atomic E-state index is 7.50. The first kappa shape index (κ1) is 32.8. The van der Waals surface area contributed by atoms with Crippen LogP contribution in [0.4, 0.5) is 0 Å². The molecular weight excluding hydrogens is 460 g/mol. The molecule has 0 N–H and O–H groups in total. The molecule has 1 aliphatic rings. The molecule has 118 valence electrons. The van der Waals surface area contributed by atoms with Crippen molar-refractivity contribution >= 4 is 4.08 Å². The van der Waals surface area contributed by atoms with Gasteiger partial charge >= 0.3 is 142 Å². The van der Waals surface area contributed by atoms with Gasteiger partial charge in [-0.05, 0) is 0 Å². The molecule has 7 heteroatoms. The van der Waals surface area contributed by atoms with Gasteiger partial charge in [-0.15, -0.1) is 0 Å². The zero-order valence-corrected chi connectivity index (χ0v) is 15.5. The van der Waals surface area contributed by atoms with Crippen LogP contribution in [0.5, 0.6) is 0 Å². The molecule has 22 heavy (non-hydrogen) atoms. The molecule has 0 amide bonds. The molecule has 0 radical (unpaired) electrons. The van der Waals surface area contributed by atoms with Crippen LogP contribution < -0.4 is 0 Å². The fourth-order valence-electron chi connectivity index (χ4n) is 1.62. The summed E-state index contributed by atoms with van der Waals surface area (Å²) in [5.41, 5.74) is 3.16. The topological polar surface area (TPSA) is 109 Å². The van der Waals surface area contributed by atoms with Gasteiger partial charge in [-0.1, -0.05) is 0 Å². The van der Waals surface area contributed by atoms with E-state index in [0.29, 0.717) is 5.92 Å². The van der Waals surface area contributed by atoms with Gasteiger partial charge in [-0.25, -0.2) is 0 Å². The third-order valence-electron chi connectivity index (χ3n) is 2.68. The molecule has 0 aromatic carbocycles. The first-order chi connectivity index (χ1) is 10.6. The molecule has 6 nitrogen and oxygen atoms in total. The number of ether oxygens (including phenoxy) is 1. The number of methoxy groups -OCH3 is 1. The fraction of sp³-hybridized carbons (Fsp3) is 0.467. The van der Waals surface area contributed by atoms with Gasteiger partial charge in [0.05, 0.1) is 0 Å². The summed E-state index contributed by atoms with van der Waals surface area (Å²) in [4.78, 5) is 0. The second-order valence-corrected chi connectivity index (χ2v) is 4.97. The summed E-state index contributed by atoms with van der Waals surface area (Å²) < 4.78 is 44.1. The molecule has 1 aliphatic carbocycles. The van der Waals surface area contributed by atoms with E-state index in [9.17, 15) is 0 Å². The Labute approximate surface area is 142 Å². The zero-order chi connectivity index (χ0) is 19.1. The number of rotatable bonds is 2. The van der Waals surface area contributed by atoms with E-state index >= 15 is 0 Å². The average molecular weight is 476 g/mol. The van der Waals surface area contributed by atoms with E-state index < -0.39 is 0 Å². The van der Waals surface area contributed by atoms with Crippen LogP contribution in [-0.4, -0.2) is 11.2 Å². The van der Waals surface area contributed by atoms with Crippen LogP contribution in [0, 0.1) is 39.2 Å². The Morgan fingerprint density at radius 3 is 1.55 bits per heavy atom. The van der Waals surface area contributed by atoms with Gasteiger partial charge in [-0.3, -0.25) is 0 Å². The summed E-state index contributed by atoms with van der Waals surface area (Å²) in [7, 11) is 1.79. The fourth-order valence-corrected chi connectivity index (χ4v) is 2.34. The van der Waals surface area contributed by atoms with Crippen molar-refractivity contribution in [2.75, 3.05) is 7.11 Å². The maximum absolute atomic E-state index is 7.50. The van der Waals surface area contributed by atoms with E-state index in [2.05, 4.69) is 47.1 Å². The number of allylic oxidation sites excluding steroid dienone is 2. The summed E-state index contributed by atoms with van der Waals surface area (Å²) in [5, 5.41) is 0. The SMILES string of the molecule is CO[C](=[W])C1CCC(C)=C(C)C1.[C-]#[O+].[C-]#[O+].[C-]#[O+].[C-]#[O+].[C-]#[O+]. The van der Waals surface area contributed by atoms with Gasteiger partial charge in [0.1, 0.15) is 0 Å². The van der Waals surface area contributed by atoms with Crippen molar-refractivity contribution in [3.05, 3.63) is 44.4 Å². The van der Waals surface area contributed by atoms with Crippen LogP contribution >= 0.6 is 0 Å². The van der Waals surface area contributed by atoms with Crippen LogP contribution in [0.15, 0.2) is 11.1 Å². The molecule has 0 saturated heterocycles. The third kappa shape index (κ3) is 19.0. The molecule has 0 spiro atoms. The van der Waals surface area contributed by atoms with E-state index in [4.69, 9.17) is 28.0 Å². The standard InChI is InChI=1S/C10H16O.5CO.W/c1-8-4-5-10(7-11-3)6-9(8)2;5*1-2;/h10H,4-6H2,1-3H3;;;;;;. The summed E-state index contributed by atoms with van der Waals surface area (Å²) in [6.45, 7) is 27.0. The molecule has 0 heterocycles. The Hall–Kier alpha value is -1.04. The van der Waals surface area contributed by atoms with Gasteiger partial charge < -0.3 is 0 Å². The predicted molar refractivity (Wildman–Crippen MR) is 67.4 cm³/mol. The van der Waals surface area contributed by atoms with Crippen molar-refractivity contribution in [3.8, 4) is 0 Å². The van der Waals surface area contributed by atoms with Crippen molar-refractivity contribution in [3.63, 3.8) is 0 Å². The quantitative estimate of drug-likeness (QED) is 0.340. The van der Waals surface area contributed by atoms with E-state index in [1.165, 1.54) is 42.7 Å². The predicted octanol–water partition coefficient (Wildman–Crippen LogP) is 2.26. The molecule has 1 unspecified atom stereocenters. The van der Waals surface area contributed by atoms with E-state index in [-0.39, 0.29) is 0 Å². The third-order valence-corrected chi connectivity index (χ3v) is 4.48. The first-order valence-electron chi connectivity index (χ1n) is 5.40. The normalized spacial score (nSPS) is 13.8. The van der Waals surface area contributed by atoms with Crippen molar-refractivity contribution in [1.29, 1.82) is 0 Å². The minimum absolute atomic E-state index is 0.702. The number of hydrogen-bond acceptors (Lipinski definition) is 1. The summed E-state index contributed by atoms with van der Waals surface area (Å²) in [6.07, 6.45) is 3.77. The van der Waals surface area contributed by atoms with Gasteiger partial charge in [0, 0.05) is 0 Å². The average Bonchev–Trinajstić information content (AvgIpc) is 2.65. The summed E-state index contributed by atoms with van der Waals surface area (Å²) in [6, 6.07) is 0. The van der Waals surface area contributed by atoms with E-state index in [0.717, 1.165) is 0 Å². The molecule has 0 aliphatic heterocycles. The molecule has 0 bridgehead atoms. The Morgan fingerprint density at radius 1 is 0.909 bits per heavy atom. The van der Waals surface area contributed by atoms with Crippen LogP contribution in [0.3, 0.4) is 0 Å². The van der Waals surface area contributed by atoms with Crippen LogP contribution in [0.2, 0.25) is 0 Å². The second-order valence-electron chi connectivity index (χ2n) is 3.52. The van der Waals surface area contributed by atoms with Gasteiger partial charge in [0.2, 0.25) is 0 Å². The monoisotopic (exact) mass is 476 g/mol. The second kappa shape index (κ2) is 32.1. The van der Waals surface area contributed by atoms with Crippen molar-refractivity contribution in [2.24, 2.45) is 5.92 Å². The van der Waals surface area contributed by atoms with Crippen LogP contribution in [0.25, 0.3) is 0 Å². The minimum atomic E-state index is 0.702. The van der Waals surface area contributed by atoms with E-state index in [1.54, 1.807) is 18.3 Å². The van der Waals surface area contributed by atoms with Gasteiger partial charge in [0.25, 0.3) is 0 Å². The molecule has 0 aromatic heterocycles. The summed E-state index contributed by atoms with van der Waals surface area (Å²) >= 11 is 1.49. The molecule has 1 rings (SSSR count). The summed E-state index contributed by atoms with van der Waals surface area (Å²) in [5.74, 6) is 0.702. The van der Waals surface area contributed by atoms with Crippen LogP contribution in [-0.2, 0) is 47.4 Å². The zero-order valence-electron chi connectivity index (χ0n) is 12.6. The Bertz CT molecular complexity index is 366. The van der Waals surface area contributed by atoms with Crippen molar-refractivity contribution < 1.29 is 47.4 Å². The molecule has 0 aromatic rings. The van der Waals surface area contributed by atoms with Crippen molar-refractivity contribution in [1.82, 2.24) is 0 Å². The molecule has 0 saturated carbocycles.